The lowest BCUT2D eigenvalue weighted by molar-refractivity contribution is 0.272. The lowest BCUT2D eigenvalue weighted by Gasteiger charge is -2.18. The van der Waals surface area contributed by atoms with Crippen molar-refractivity contribution >= 4 is 11.3 Å². The van der Waals surface area contributed by atoms with Crippen LogP contribution in [0.5, 0.6) is 0 Å². The highest BCUT2D eigenvalue weighted by Crippen LogP contribution is 2.12. The molecule has 0 aromatic carbocycles. The highest BCUT2D eigenvalue weighted by molar-refractivity contribution is 7.09. The van der Waals surface area contributed by atoms with Gasteiger partial charge in [-0.15, -0.1) is 11.3 Å². The molecule has 0 spiro atoms. The zero-order valence-electron chi connectivity index (χ0n) is 12.0. The first-order chi connectivity index (χ1) is 8.80. The summed E-state index contributed by atoms with van der Waals surface area (Å²) in [5.74, 6) is 0. The third-order valence-electron chi connectivity index (χ3n) is 2.96. The Hall–Kier alpha value is -0.450. The van der Waals surface area contributed by atoms with E-state index in [0.29, 0.717) is 0 Å². The van der Waals surface area contributed by atoms with Crippen LogP contribution in [0.3, 0.4) is 0 Å². The highest BCUT2D eigenvalue weighted by atomic mass is 32.1. The van der Waals surface area contributed by atoms with Crippen LogP contribution in [-0.4, -0.2) is 29.5 Å². The molecule has 3 nitrogen and oxygen atoms in total. The van der Waals surface area contributed by atoms with Crippen molar-refractivity contribution in [1.29, 1.82) is 0 Å². The molecule has 0 aliphatic heterocycles. The largest absolute Gasteiger partial charge is 0.310 e. The second-order valence-corrected chi connectivity index (χ2v) is 5.57. The van der Waals surface area contributed by atoms with E-state index < -0.39 is 0 Å². The molecule has 1 aromatic heterocycles. The van der Waals surface area contributed by atoms with Crippen LogP contribution >= 0.6 is 11.3 Å². The molecule has 1 rings (SSSR count). The number of nitrogens with zero attached hydrogens (tertiary/aromatic N) is 2. The first-order valence-corrected chi connectivity index (χ1v) is 8.04. The summed E-state index contributed by atoms with van der Waals surface area (Å²) in [4.78, 5) is 7.17. The van der Waals surface area contributed by atoms with E-state index in [9.17, 15) is 0 Å². The van der Waals surface area contributed by atoms with Crippen molar-refractivity contribution in [3.8, 4) is 0 Å². The van der Waals surface area contributed by atoms with Gasteiger partial charge in [0.15, 0.2) is 0 Å². The standard InChI is InChI=1S/C14H27N3S/c1-4-7-9-17(6-3)11-13-12-18-14(16-13)10-15-8-5-2/h12,15H,4-11H2,1-3H3. The molecule has 0 unspecified atom stereocenters. The molecule has 1 N–H and O–H groups in total. The zero-order valence-corrected chi connectivity index (χ0v) is 12.9. The summed E-state index contributed by atoms with van der Waals surface area (Å²) in [6.07, 6.45) is 3.72. The van der Waals surface area contributed by atoms with E-state index in [1.54, 1.807) is 11.3 Å². The Kier molecular flexibility index (Phi) is 8.22. The summed E-state index contributed by atoms with van der Waals surface area (Å²) >= 11 is 1.78. The Morgan fingerprint density at radius 2 is 2.11 bits per heavy atom. The summed E-state index contributed by atoms with van der Waals surface area (Å²) < 4.78 is 0. The molecule has 0 saturated carbocycles. The second-order valence-electron chi connectivity index (χ2n) is 4.63. The second kappa shape index (κ2) is 9.48. The molecular formula is C14H27N3S. The van der Waals surface area contributed by atoms with Gasteiger partial charge in [-0.2, -0.15) is 0 Å². The first-order valence-electron chi connectivity index (χ1n) is 7.16. The van der Waals surface area contributed by atoms with Gasteiger partial charge in [0.25, 0.3) is 0 Å². The fourth-order valence-corrected chi connectivity index (χ4v) is 2.59. The third-order valence-corrected chi connectivity index (χ3v) is 3.86. The lowest BCUT2D eigenvalue weighted by atomic mass is 10.3. The minimum absolute atomic E-state index is 0.916. The fraction of sp³-hybridized carbons (Fsp3) is 0.786. The average molecular weight is 269 g/mol. The van der Waals surface area contributed by atoms with Gasteiger partial charge in [0.2, 0.25) is 0 Å². The molecule has 0 bridgehead atoms. The van der Waals surface area contributed by atoms with Gasteiger partial charge >= 0.3 is 0 Å². The molecule has 1 heterocycles. The summed E-state index contributed by atoms with van der Waals surface area (Å²) in [5, 5.41) is 6.82. The van der Waals surface area contributed by atoms with Crippen molar-refractivity contribution < 1.29 is 0 Å². The predicted molar refractivity (Wildman–Crippen MR) is 80.0 cm³/mol. The Balaban J connectivity index is 2.36. The molecule has 0 atom stereocenters. The number of thiazole rings is 1. The topological polar surface area (TPSA) is 28.2 Å². The predicted octanol–water partition coefficient (Wildman–Crippen LogP) is 3.26. The van der Waals surface area contributed by atoms with Gasteiger partial charge in [0.1, 0.15) is 5.01 Å². The van der Waals surface area contributed by atoms with Crippen molar-refractivity contribution in [2.45, 2.75) is 53.1 Å². The van der Waals surface area contributed by atoms with Crippen LogP contribution in [-0.2, 0) is 13.1 Å². The molecule has 0 aliphatic carbocycles. The summed E-state index contributed by atoms with van der Waals surface area (Å²) in [7, 11) is 0. The average Bonchev–Trinajstić information content (AvgIpc) is 2.82. The maximum atomic E-state index is 4.69. The van der Waals surface area contributed by atoms with E-state index in [4.69, 9.17) is 4.98 Å². The molecule has 1 aromatic rings. The normalized spacial score (nSPS) is 11.3. The summed E-state index contributed by atoms with van der Waals surface area (Å²) in [6.45, 7) is 12.0. The third kappa shape index (κ3) is 5.94. The number of hydrogen-bond donors (Lipinski definition) is 1. The van der Waals surface area contributed by atoms with Crippen LogP contribution in [0.4, 0.5) is 0 Å². The fourth-order valence-electron chi connectivity index (χ4n) is 1.83. The summed E-state index contributed by atoms with van der Waals surface area (Å²) in [5.41, 5.74) is 1.23. The van der Waals surface area contributed by atoms with Crippen molar-refractivity contribution in [3.05, 3.63) is 16.1 Å². The van der Waals surface area contributed by atoms with Gasteiger partial charge < -0.3 is 5.32 Å². The van der Waals surface area contributed by atoms with Gasteiger partial charge in [-0.1, -0.05) is 27.2 Å². The van der Waals surface area contributed by atoms with Crippen LogP contribution in [0, 0.1) is 0 Å². The minimum atomic E-state index is 0.916. The van der Waals surface area contributed by atoms with Crippen LogP contribution < -0.4 is 5.32 Å². The van der Waals surface area contributed by atoms with Crippen molar-refractivity contribution in [2.24, 2.45) is 0 Å². The smallest absolute Gasteiger partial charge is 0.107 e. The highest BCUT2D eigenvalue weighted by Gasteiger charge is 2.06. The van der Waals surface area contributed by atoms with Crippen LogP contribution in [0.1, 0.15) is 50.7 Å². The molecule has 18 heavy (non-hydrogen) atoms. The Morgan fingerprint density at radius 1 is 1.28 bits per heavy atom. The van der Waals surface area contributed by atoms with E-state index >= 15 is 0 Å². The maximum Gasteiger partial charge on any atom is 0.107 e. The molecule has 4 heteroatoms. The molecule has 0 aliphatic rings. The van der Waals surface area contributed by atoms with E-state index in [-0.39, 0.29) is 0 Å². The van der Waals surface area contributed by atoms with E-state index in [1.807, 2.05) is 0 Å². The zero-order chi connectivity index (χ0) is 13.2. The Morgan fingerprint density at radius 3 is 2.78 bits per heavy atom. The Bertz CT molecular complexity index is 312. The van der Waals surface area contributed by atoms with E-state index in [1.165, 1.54) is 36.5 Å². The molecule has 0 radical (unpaired) electrons. The van der Waals surface area contributed by atoms with Crippen molar-refractivity contribution in [3.63, 3.8) is 0 Å². The minimum Gasteiger partial charge on any atom is -0.310 e. The maximum absolute atomic E-state index is 4.69. The first kappa shape index (κ1) is 15.6. The van der Waals surface area contributed by atoms with E-state index in [2.05, 4.69) is 36.4 Å². The monoisotopic (exact) mass is 269 g/mol. The van der Waals surface area contributed by atoms with Crippen LogP contribution in [0.2, 0.25) is 0 Å². The quantitative estimate of drug-likeness (QED) is 0.661. The Labute approximate surface area is 116 Å². The van der Waals surface area contributed by atoms with E-state index in [0.717, 1.165) is 26.2 Å². The SMILES string of the molecule is CCCCN(CC)Cc1csc(CNCCC)n1. The van der Waals surface area contributed by atoms with Gasteiger partial charge in [-0.25, -0.2) is 4.98 Å². The van der Waals surface area contributed by atoms with Crippen molar-refractivity contribution in [1.82, 2.24) is 15.2 Å². The number of unbranched alkanes of at least 4 members (excludes halogenated alkanes) is 1. The van der Waals surface area contributed by atoms with Crippen LogP contribution in [0.15, 0.2) is 5.38 Å². The number of rotatable bonds is 10. The number of aromatic nitrogens is 1. The summed E-state index contributed by atoms with van der Waals surface area (Å²) in [6, 6.07) is 0. The van der Waals surface area contributed by atoms with Gasteiger partial charge in [0.05, 0.1) is 5.69 Å². The molecule has 104 valence electrons. The van der Waals surface area contributed by atoms with Gasteiger partial charge in [0, 0.05) is 18.5 Å². The van der Waals surface area contributed by atoms with Gasteiger partial charge in [-0.05, 0) is 32.5 Å². The van der Waals surface area contributed by atoms with Crippen molar-refractivity contribution in [2.75, 3.05) is 19.6 Å². The molecular weight excluding hydrogens is 242 g/mol. The lowest BCUT2D eigenvalue weighted by Crippen LogP contribution is -2.24. The molecule has 0 fully saturated rings. The van der Waals surface area contributed by atoms with Gasteiger partial charge in [-0.3, -0.25) is 4.90 Å². The van der Waals surface area contributed by atoms with Crippen LogP contribution in [0.25, 0.3) is 0 Å². The molecule has 0 amide bonds. The number of nitrogens with one attached hydrogen (secondary N) is 1. The number of hydrogen-bond acceptors (Lipinski definition) is 4. The molecule has 0 saturated heterocycles.